The quantitative estimate of drug-likeness (QED) is 0.860. The van der Waals surface area contributed by atoms with Crippen LogP contribution in [-0.4, -0.2) is 51.5 Å². The van der Waals surface area contributed by atoms with E-state index in [0.717, 1.165) is 32.0 Å². The van der Waals surface area contributed by atoms with Crippen molar-refractivity contribution in [3.05, 3.63) is 43.1 Å². The van der Waals surface area contributed by atoms with E-state index in [1.165, 1.54) is 0 Å². The third-order valence-electron chi connectivity index (χ3n) is 4.11. The Morgan fingerprint density at radius 3 is 2.68 bits per heavy atom. The number of amides is 1. The van der Waals surface area contributed by atoms with Crippen molar-refractivity contribution in [1.82, 2.24) is 19.4 Å². The van der Waals surface area contributed by atoms with E-state index in [1.807, 2.05) is 40.8 Å². The molecule has 3 rings (SSSR count). The average molecular weight is 299 g/mol. The van der Waals surface area contributed by atoms with E-state index in [4.69, 9.17) is 0 Å². The molecular weight excluding hydrogens is 278 g/mol. The van der Waals surface area contributed by atoms with Crippen molar-refractivity contribution in [2.24, 2.45) is 0 Å². The molecule has 6 heteroatoms. The van der Waals surface area contributed by atoms with Crippen molar-refractivity contribution in [2.75, 3.05) is 31.1 Å². The van der Waals surface area contributed by atoms with Crippen LogP contribution in [-0.2, 0) is 4.79 Å². The maximum Gasteiger partial charge on any atom is 0.224 e. The van der Waals surface area contributed by atoms with Gasteiger partial charge in [-0.25, -0.2) is 9.97 Å². The number of carbonyl (C=O) groups is 1. The SMILES string of the molecule is CC(CC(=O)N1CCN(c2ccccn2)CC1)n1ccnc1. The minimum absolute atomic E-state index is 0.142. The van der Waals surface area contributed by atoms with Crippen LogP contribution in [0.3, 0.4) is 0 Å². The minimum Gasteiger partial charge on any atom is -0.353 e. The zero-order valence-electron chi connectivity index (χ0n) is 12.8. The summed E-state index contributed by atoms with van der Waals surface area (Å²) < 4.78 is 1.97. The Morgan fingerprint density at radius 1 is 1.23 bits per heavy atom. The van der Waals surface area contributed by atoms with Gasteiger partial charge < -0.3 is 14.4 Å². The first-order valence-electron chi connectivity index (χ1n) is 7.65. The summed E-state index contributed by atoms with van der Waals surface area (Å²) >= 11 is 0. The van der Waals surface area contributed by atoms with Crippen molar-refractivity contribution >= 4 is 11.7 Å². The molecule has 0 N–H and O–H groups in total. The summed E-state index contributed by atoms with van der Waals surface area (Å²) in [5, 5.41) is 0. The van der Waals surface area contributed by atoms with Crippen molar-refractivity contribution < 1.29 is 4.79 Å². The number of hydrogen-bond acceptors (Lipinski definition) is 4. The van der Waals surface area contributed by atoms with E-state index >= 15 is 0 Å². The predicted molar refractivity (Wildman–Crippen MR) is 84.6 cm³/mol. The first-order valence-corrected chi connectivity index (χ1v) is 7.65. The third-order valence-corrected chi connectivity index (χ3v) is 4.11. The second-order valence-electron chi connectivity index (χ2n) is 5.62. The van der Waals surface area contributed by atoms with E-state index in [9.17, 15) is 4.79 Å². The zero-order chi connectivity index (χ0) is 15.4. The van der Waals surface area contributed by atoms with Crippen molar-refractivity contribution in [3.8, 4) is 0 Å². The van der Waals surface area contributed by atoms with Gasteiger partial charge in [0.05, 0.1) is 6.33 Å². The fourth-order valence-electron chi connectivity index (χ4n) is 2.74. The van der Waals surface area contributed by atoms with Crippen molar-refractivity contribution in [3.63, 3.8) is 0 Å². The van der Waals surface area contributed by atoms with Crippen molar-refractivity contribution in [2.45, 2.75) is 19.4 Å². The molecule has 0 saturated carbocycles. The van der Waals surface area contributed by atoms with Crippen LogP contribution >= 0.6 is 0 Å². The fraction of sp³-hybridized carbons (Fsp3) is 0.438. The molecule has 0 radical (unpaired) electrons. The molecule has 1 unspecified atom stereocenters. The molecule has 0 bridgehead atoms. The van der Waals surface area contributed by atoms with Gasteiger partial charge in [-0.15, -0.1) is 0 Å². The minimum atomic E-state index is 0.142. The molecule has 1 atom stereocenters. The molecule has 1 aliphatic rings. The lowest BCUT2D eigenvalue weighted by Crippen LogP contribution is -2.49. The predicted octanol–water partition coefficient (Wildman–Crippen LogP) is 1.58. The largest absolute Gasteiger partial charge is 0.353 e. The van der Waals surface area contributed by atoms with E-state index in [0.29, 0.717) is 6.42 Å². The summed E-state index contributed by atoms with van der Waals surface area (Å²) in [6.07, 6.45) is 7.72. The van der Waals surface area contributed by atoms with E-state index < -0.39 is 0 Å². The number of aromatic nitrogens is 3. The Balaban J connectivity index is 1.52. The van der Waals surface area contributed by atoms with Gasteiger partial charge in [-0.1, -0.05) is 6.07 Å². The lowest BCUT2D eigenvalue weighted by Gasteiger charge is -2.35. The van der Waals surface area contributed by atoms with Crippen LogP contribution in [0.2, 0.25) is 0 Å². The highest BCUT2D eigenvalue weighted by Crippen LogP contribution is 2.16. The average Bonchev–Trinajstić information content (AvgIpc) is 3.10. The maximum atomic E-state index is 12.4. The van der Waals surface area contributed by atoms with Gasteiger partial charge in [0, 0.05) is 57.2 Å². The molecule has 6 nitrogen and oxygen atoms in total. The molecule has 116 valence electrons. The lowest BCUT2D eigenvalue weighted by atomic mass is 10.2. The highest BCUT2D eigenvalue weighted by molar-refractivity contribution is 5.77. The van der Waals surface area contributed by atoms with Gasteiger partial charge in [-0.05, 0) is 19.1 Å². The van der Waals surface area contributed by atoms with Gasteiger partial charge in [-0.2, -0.15) is 0 Å². The second kappa shape index (κ2) is 6.60. The summed E-state index contributed by atoms with van der Waals surface area (Å²) in [5.41, 5.74) is 0. The number of hydrogen-bond donors (Lipinski definition) is 0. The van der Waals surface area contributed by atoms with E-state index in [-0.39, 0.29) is 11.9 Å². The normalized spacial score (nSPS) is 16.6. The maximum absolute atomic E-state index is 12.4. The lowest BCUT2D eigenvalue weighted by molar-refractivity contribution is -0.132. The number of pyridine rings is 1. The molecule has 1 fully saturated rings. The number of rotatable bonds is 4. The highest BCUT2D eigenvalue weighted by atomic mass is 16.2. The number of piperazine rings is 1. The Bertz CT molecular complexity index is 590. The van der Waals surface area contributed by atoms with Gasteiger partial charge in [-0.3, -0.25) is 4.79 Å². The summed E-state index contributed by atoms with van der Waals surface area (Å²) in [4.78, 5) is 25.0. The molecule has 0 spiro atoms. The molecular formula is C16H21N5O. The van der Waals surface area contributed by atoms with Crippen LogP contribution in [0, 0.1) is 0 Å². The monoisotopic (exact) mass is 299 g/mol. The molecule has 22 heavy (non-hydrogen) atoms. The zero-order valence-corrected chi connectivity index (χ0v) is 12.8. The molecule has 1 saturated heterocycles. The standard InChI is InChI=1S/C16H21N5O/c1-14(21-7-6-17-13-21)12-16(22)20-10-8-19(9-11-20)15-4-2-3-5-18-15/h2-7,13-14H,8-12H2,1H3. The van der Waals surface area contributed by atoms with Crippen LogP contribution in [0.15, 0.2) is 43.1 Å². The summed E-state index contributed by atoms with van der Waals surface area (Å²) in [6, 6.07) is 6.07. The number of imidazole rings is 1. The van der Waals surface area contributed by atoms with Gasteiger partial charge >= 0.3 is 0 Å². The molecule has 2 aromatic heterocycles. The number of carbonyl (C=O) groups excluding carboxylic acids is 1. The van der Waals surface area contributed by atoms with Crippen LogP contribution in [0.5, 0.6) is 0 Å². The molecule has 1 aliphatic heterocycles. The van der Waals surface area contributed by atoms with Crippen LogP contribution in [0.4, 0.5) is 5.82 Å². The third kappa shape index (κ3) is 3.27. The summed E-state index contributed by atoms with van der Waals surface area (Å²) in [5.74, 6) is 1.20. The molecule has 3 heterocycles. The Morgan fingerprint density at radius 2 is 2.05 bits per heavy atom. The van der Waals surface area contributed by atoms with E-state index in [2.05, 4.69) is 14.9 Å². The summed E-state index contributed by atoms with van der Waals surface area (Å²) in [6.45, 7) is 5.23. The van der Waals surface area contributed by atoms with Gasteiger partial charge in [0.25, 0.3) is 0 Å². The number of nitrogens with zero attached hydrogens (tertiary/aromatic N) is 5. The van der Waals surface area contributed by atoms with Gasteiger partial charge in [0.1, 0.15) is 5.82 Å². The first kappa shape index (κ1) is 14.6. The molecule has 0 aliphatic carbocycles. The molecule has 2 aromatic rings. The van der Waals surface area contributed by atoms with Gasteiger partial charge in [0.2, 0.25) is 5.91 Å². The molecule has 0 aromatic carbocycles. The van der Waals surface area contributed by atoms with Crippen LogP contribution in [0.1, 0.15) is 19.4 Å². The highest BCUT2D eigenvalue weighted by Gasteiger charge is 2.23. The Kier molecular flexibility index (Phi) is 4.37. The van der Waals surface area contributed by atoms with Crippen LogP contribution in [0.25, 0.3) is 0 Å². The summed E-state index contributed by atoms with van der Waals surface area (Å²) in [7, 11) is 0. The fourth-order valence-corrected chi connectivity index (χ4v) is 2.74. The van der Waals surface area contributed by atoms with Crippen LogP contribution < -0.4 is 4.90 Å². The first-order chi connectivity index (χ1) is 10.7. The van der Waals surface area contributed by atoms with Gasteiger partial charge in [0.15, 0.2) is 0 Å². The Hall–Kier alpha value is -2.37. The molecule has 1 amide bonds. The number of anilines is 1. The topological polar surface area (TPSA) is 54.3 Å². The van der Waals surface area contributed by atoms with Crippen molar-refractivity contribution in [1.29, 1.82) is 0 Å². The smallest absolute Gasteiger partial charge is 0.224 e. The second-order valence-corrected chi connectivity index (χ2v) is 5.62. The Labute approximate surface area is 130 Å². The van der Waals surface area contributed by atoms with E-state index in [1.54, 1.807) is 18.7 Å².